The summed E-state index contributed by atoms with van der Waals surface area (Å²) in [6.45, 7) is 10.6. The third-order valence-electron chi connectivity index (χ3n) is 4.02. The van der Waals surface area contributed by atoms with Crippen LogP contribution < -0.4 is 15.5 Å². The molecule has 0 radical (unpaired) electrons. The van der Waals surface area contributed by atoms with Gasteiger partial charge in [0.1, 0.15) is 0 Å². The van der Waals surface area contributed by atoms with Crippen molar-refractivity contribution in [2.24, 2.45) is 0 Å². The third-order valence-corrected chi connectivity index (χ3v) is 4.22. The Morgan fingerprint density at radius 1 is 0.870 bits per heavy atom. The summed E-state index contributed by atoms with van der Waals surface area (Å²) < 4.78 is 0. The first-order valence-corrected chi connectivity index (χ1v) is 8.44. The summed E-state index contributed by atoms with van der Waals surface area (Å²) in [5, 5.41) is 7.06. The van der Waals surface area contributed by atoms with Crippen LogP contribution in [-0.2, 0) is 0 Å². The molecule has 0 aromatic heterocycles. The monoisotopic (exact) mass is 327 g/mol. The molecule has 0 fully saturated rings. The molecule has 0 bridgehead atoms. The molecule has 2 rings (SSSR count). The summed E-state index contributed by atoms with van der Waals surface area (Å²) in [7, 11) is 0. The molecule has 0 spiro atoms. The van der Waals surface area contributed by atoms with Crippen molar-refractivity contribution in [3.63, 3.8) is 0 Å². The van der Waals surface area contributed by atoms with Crippen LogP contribution >= 0.6 is 12.2 Å². The van der Waals surface area contributed by atoms with Crippen molar-refractivity contribution in [2.75, 3.05) is 28.6 Å². The first kappa shape index (κ1) is 17.3. The van der Waals surface area contributed by atoms with Crippen LogP contribution in [0.15, 0.2) is 42.5 Å². The zero-order valence-corrected chi connectivity index (χ0v) is 15.1. The van der Waals surface area contributed by atoms with Crippen molar-refractivity contribution < 1.29 is 0 Å². The SMILES string of the molecule is CCN(CC)c1ccc(NC(=S)Nc2ccc(C)c(C)c2)cc1. The molecule has 0 atom stereocenters. The van der Waals surface area contributed by atoms with E-state index in [0.717, 1.165) is 24.5 Å². The van der Waals surface area contributed by atoms with Gasteiger partial charge in [0.2, 0.25) is 0 Å². The second-order valence-electron chi connectivity index (χ2n) is 5.60. The minimum absolute atomic E-state index is 0.601. The van der Waals surface area contributed by atoms with E-state index in [0.29, 0.717) is 5.11 Å². The molecule has 0 aliphatic heterocycles. The Morgan fingerprint density at radius 3 is 2.00 bits per heavy atom. The normalized spacial score (nSPS) is 10.3. The Bertz CT molecular complexity index is 661. The van der Waals surface area contributed by atoms with Gasteiger partial charge in [-0.25, -0.2) is 0 Å². The largest absolute Gasteiger partial charge is 0.372 e. The highest BCUT2D eigenvalue weighted by Crippen LogP contribution is 2.18. The highest BCUT2D eigenvalue weighted by molar-refractivity contribution is 7.80. The quantitative estimate of drug-likeness (QED) is 0.759. The molecule has 4 heteroatoms. The van der Waals surface area contributed by atoms with Crippen molar-refractivity contribution in [3.8, 4) is 0 Å². The average Bonchev–Trinajstić information content (AvgIpc) is 2.53. The summed E-state index contributed by atoms with van der Waals surface area (Å²) in [4.78, 5) is 2.31. The molecule has 2 N–H and O–H groups in total. The van der Waals surface area contributed by atoms with Crippen LogP contribution in [0.4, 0.5) is 17.1 Å². The van der Waals surface area contributed by atoms with Gasteiger partial charge in [-0.05, 0) is 87.4 Å². The Kier molecular flexibility index (Phi) is 5.99. The highest BCUT2D eigenvalue weighted by atomic mass is 32.1. The second-order valence-corrected chi connectivity index (χ2v) is 6.01. The van der Waals surface area contributed by atoms with Gasteiger partial charge < -0.3 is 15.5 Å². The number of nitrogens with one attached hydrogen (secondary N) is 2. The molecule has 0 aliphatic rings. The van der Waals surface area contributed by atoms with Gasteiger partial charge in [-0.1, -0.05) is 6.07 Å². The van der Waals surface area contributed by atoms with Gasteiger partial charge in [-0.15, -0.1) is 0 Å². The van der Waals surface area contributed by atoms with Gasteiger partial charge in [-0.2, -0.15) is 0 Å². The van der Waals surface area contributed by atoms with E-state index in [4.69, 9.17) is 12.2 Å². The molecule has 0 heterocycles. The zero-order chi connectivity index (χ0) is 16.8. The maximum atomic E-state index is 5.39. The molecular weight excluding hydrogens is 302 g/mol. The van der Waals surface area contributed by atoms with E-state index < -0.39 is 0 Å². The van der Waals surface area contributed by atoms with Gasteiger partial charge in [0, 0.05) is 30.2 Å². The van der Waals surface area contributed by atoms with E-state index in [9.17, 15) is 0 Å². The fraction of sp³-hybridized carbons (Fsp3) is 0.316. The third kappa shape index (κ3) is 4.70. The molecule has 2 aromatic carbocycles. The van der Waals surface area contributed by atoms with Gasteiger partial charge in [0.15, 0.2) is 5.11 Å². The first-order chi connectivity index (χ1) is 11.0. The molecule has 23 heavy (non-hydrogen) atoms. The minimum Gasteiger partial charge on any atom is -0.372 e. The summed E-state index contributed by atoms with van der Waals surface area (Å²) in [6, 6.07) is 14.6. The number of rotatable bonds is 5. The summed E-state index contributed by atoms with van der Waals surface area (Å²) in [6.07, 6.45) is 0. The van der Waals surface area contributed by atoms with E-state index in [1.165, 1.54) is 16.8 Å². The molecule has 3 nitrogen and oxygen atoms in total. The van der Waals surface area contributed by atoms with Crippen molar-refractivity contribution >= 4 is 34.4 Å². The van der Waals surface area contributed by atoms with Crippen molar-refractivity contribution in [1.82, 2.24) is 0 Å². The number of hydrogen-bond acceptors (Lipinski definition) is 2. The van der Waals surface area contributed by atoms with E-state index >= 15 is 0 Å². The molecule has 122 valence electrons. The average molecular weight is 327 g/mol. The first-order valence-electron chi connectivity index (χ1n) is 8.03. The second kappa shape index (κ2) is 7.97. The Labute approximate surface area is 144 Å². The van der Waals surface area contributed by atoms with Crippen LogP contribution in [-0.4, -0.2) is 18.2 Å². The summed E-state index contributed by atoms with van der Waals surface area (Å²) in [5.41, 5.74) is 5.75. The zero-order valence-electron chi connectivity index (χ0n) is 14.3. The van der Waals surface area contributed by atoms with Crippen molar-refractivity contribution in [3.05, 3.63) is 53.6 Å². The van der Waals surface area contributed by atoms with Crippen LogP contribution in [0.3, 0.4) is 0 Å². The standard InChI is InChI=1S/C19H25N3S/c1-5-22(6-2)18-11-9-16(10-12-18)20-19(23)21-17-8-7-14(3)15(4)13-17/h7-13H,5-6H2,1-4H3,(H2,20,21,23). The predicted molar refractivity (Wildman–Crippen MR) is 106 cm³/mol. The summed E-state index contributed by atoms with van der Waals surface area (Å²) in [5.74, 6) is 0. The molecule has 0 aliphatic carbocycles. The Hall–Kier alpha value is -2.07. The number of benzene rings is 2. The summed E-state index contributed by atoms with van der Waals surface area (Å²) >= 11 is 5.39. The van der Waals surface area contributed by atoms with Gasteiger partial charge >= 0.3 is 0 Å². The fourth-order valence-electron chi connectivity index (χ4n) is 2.46. The van der Waals surface area contributed by atoms with Crippen LogP contribution in [0.2, 0.25) is 0 Å². The lowest BCUT2D eigenvalue weighted by molar-refractivity contribution is 0.866. The van der Waals surface area contributed by atoms with Crippen molar-refractivity contribution in [1.29, 1.82) is 0 Å². The smallest absolute Gasteiger partial charge is 0.175 e. The van der Waals surface area contributed by atoms with Crippen LogP contribution in [0.5, 0.6) is 0 Å². The molecule has 0 unspecified atom stereocenters. The Balaban J connectivity index is 1.98. The van der Waals surface area contributed by atoms with Crippen LogP contribution in [0, 0.1) is 13.8 Å². The van der Waals surface area contributed by atoms with E-state index in [-0.39, 0.29) is 0 Å². The van der Waals surface area contributed by atoms with Gasteiger partial charge in [-0.3, -0.25) is 0 Å². The number of nitrogens with zero attached hydrogens (tertiary/aromatic N) is 1. The lowest BCUT2D eigenvalue weighted by Gasteiger charge is -2.21. The number of thiocarbonyl (C=S) groups is 1. The van der Waals surface area contributed by atoms with Crippen LogP contribution in [0.25, 0.3) is 0 Å². The lowest BCUT2D eigenvalue weighted by atomic mass is 10.1. The van der Waals surface area contributed by atoms with E-state index in [1.807, 2.05) is 6.07 Å². The molecule has 0 amide bonds. The molecule has 0 saturated heterocycles. The van der Waals surface area contributed by atoms with E-state index in [1.54, 1.807) is 0 Å². The van der Waals surface area contributed by atoms with Crippen LogP contribution in [0.1, 0.15) is 25.0 Å². The fourth-order valence-corrected chi connectivity index (χ4v) is 2.69. The maximum Gasteiger partial charge on any atom is 0.175 e. The van der Waals surface area contributed by atoms with Crippen molar-refractivity contribution in [2.45, 2.75) is 27.7 Å². The number of hydrogen-bond donors (Lipinski definition) is 2. The topological polar surface area (TPSA) is 27.3 Å². The molecule has 2 aromatic rings. The Morgan fingerprint density at radius 2 is 1.43 bits per heavy atom. The number of anilines is 3. The predicted octanol–water partition coefficient (Wildman–Crippen LogP) is 4.96. The highest BCUT2D eigenvalue weighted by Gasteiger charge is 2.03. The van der Waals surface area contributed by atoms with E-state index in [2.05, 4.69) is 79.6 Å². The molecule has 0 saturated carbocycles. The van der Waals surface area contributed by atoms with Gasteiger partial charge in [0.05, 0.1) is 0 Å². The molecular formula is C19H25N3S. The maximum absolute atomic E-state index is 5.39. The number of aryl methyl sites for hydroxylation is 2. The minimum atomic E-state index is 0.601. The van der Waals surface area contributed by atoms with Gasteiger partial charge in [0.25, 0.3) is 0 Å². The lowest BCUT2D eigenvalue weighted by Crippen LogP contribution is -2.22.